The highest BCUT2D eigenvalue weighted by atomic mass is 79.9. The third-order valence-corrected chi connectivity index (χ3v) is 4.40. The Kier molecular flexibility index (Phi) is 4.69. The number of anilines is 1. The normalized spacial score (nSPS) is 20.3. The van der Waals surface area contributed by atoms with Crippen molar-refractivity contribution in [1.29, 1.82) is 0 Å². The minimum absolute atomic E-state index is 0.160. The summed E-state index contributed by atoms with van der Waals surface area (Å²) in [5.41, 5.74) is 7.51. The van der Waals surface area contributed by atoms with Gasteiger partial charge in [0.05, 0.1) is 6.61 Å². The number of hydrogen-bond acceptors (Lipinski definition) is 4. The van der Waals surface area contributed by atoms with Crippen LogP contribution in [-0.2, 0) is 10.3 Å². The number of halogens is 1. The first kappa shape index (κ1) is 16.7. The maximum atomic E-state index is 12.3. The molecular weight excluding hydrogens is 370 g/mol. The average Bonchev–Trinajstić information content (AvgIpc) is 2.55. The lowest BCUT2D eigenvalue weighted by molar-refractivity contribution is 0.102. The van der Waals surface area contributed by atoms with Gasteiger partial charge >= 0.3 is 0 Å². The quantitative estimate of drug-likeness (QED) is 0.847. The molecule has 3 N–H and O–H groups in total. The first-order chi connectivity index (χ1) is 11.5. The predicted molar refractivity (Wildman–Crippen MR) is 98.3 cm³/mol. The van der Waals surface area contributed by atoms with Gasteiger partial charge in [-0.05, 0) is 48.9 Å². The Bertz CT molecular complexity index is 789. The van der Waals surface area contributed by atoms with Crippen LogP contribution >= 0.6 is 15.9 Å². The molecule has 1 aliphatic rings. The highest BCUT2D eigenvalue weighted by molar-refractivity contribution is 9.10. The Labute approximate surface area is 149 Å². The molecule has 6 heteroatoms. The van der Waals surface area contributed by atoms with E-state index in [1.54, 1.807) is 12.1 Å². The van der Waals surface area contributed by atoms with Crippen LogP contribution in [0.15, 0.2) is 58.0 Å². The molecule has 0 radical (unpaired) electrons. The number of nitrogens with zero attached hydrogens (tertiary/aromatic N) is 1. The summed E-state index contributed by atoms with van der Waals surface area (Å²) in [6, 6.07) is 14.8. The van der Waals surface area contributed by atoms with Gasteiger partial charge in [0, 0.05) is 15.7 Å². The fourth-order valence-electron chi connectivity index (χ4n) is 2.62. The molecule has 0 saturated carbocycles. The van der Waals surface area contributed by atoms with Crippen LogP contribution in [0.1, 0.15) is 22.8 Å². The number of hydrogen-bond donors (Lipinski definition) is 2. The number of carbonyl (C=O) groups excluding carboxylic acids is 1. The zero-order valence-electron chi connectivity index (χ0n) is 13.3. The van der Waals surface area contributed by atoms with Gasteiger partial charge in [0.15, 0.2) is 0 Å². The standard InChI is InChI=1S/C18H18BrN3O2/c1-18(11-24-10-16(20)22-18)13-3-2-4-15(9-13)21-17(23)12-5-7-14(19)8-6-12/h2-9H,10-11H2,1H3,(H2,20,22)(H,21,23). The lowest BCUT2D eigenvalue weighted by atomic mass is 9.92. The lowest BCUT2D eigenvalue weighted by Crippen LogP contribution is -2.37. The van der Waals surface area contributed by atoms with E-state index in [2.05, 4.69) is 26.2 Å². The fourth-order valence-corrected chi connectivity index (χ4v) is 2.88. The van der Waals surface area contributed by atoms with E-state index in [1.807, 2.05) is 43.3 Å². The molecule has 5 nitrogen and oxygen atoms in total. The van der Waals surface area contributed by atoms with Gasteiger partial charge in [-0.1, -0.05) is 28.1 Å². The van der Waals surface area contributed by atoms with Gasteiger partial charge in [-0.25, -0.2) is 0 Å². The first-order valence-corrected chi connectivity index (χ1v) is 8.35. The number of nitrogens with one attached hydrogen (secondary N) is 1. The molecule has 0 spiro atoms. The molecule has 24 heavy (non-hydrogen) atoms. The third-order valence-electron chi connectivity index (χ3n) is 3.87. The number of rotatable bonds is 3. The molecule has 2 aromatic carbocycles. The van der Waals surface area contributed by atoms with Crippen molar-refractivity contribution in [2.45, 2.75) is 12.5 Å². The highest BCUT2D eigenvalue weighted by Crippen LogP contribution is 2.30. The number of carbonyl (C=O) groups is 1. The van der Waals surface area contributed by atoms with Gasteiger partial charge in [-0.2, -0.15) is 0 Å². The topological polar surface area (TPSA) is 76.7 Å². The van der Waals surface area contributed by atoms with E-state index in [9.17, 15) is 4.79 Å². The van der Waals surface area contributed by atoms with Crippen LogP contribution in [0.3, 0.4) is 0 Å². The van der Waals surface area contributed by atoms with Crippen LogP contribution in [-0.4, -0.2) is 25.0 Å². The summed E-state index contributed by atoms with van der Waals surface area (Å²) in [5.74, 6) is 0.320. The maximum absolute atomic E-state index is 12.3. The molecule has 1 aliphatic heterocycles. The Morgan fingerprint density at radius 1 is 1.29 bits per heavy atom. The van der Waals surface area contributed by atoms with Crippen molar-refractivity contribution in [2.24, 2.45) is 10.7 Å². The predicted octanol–water partition coefficient (Wildman–Crippen LogP) is 3.30. The van der Waals surface area contributed by atoms with Crippen LogP contribution in [0.4, 0.5) is 5.69 Å². The van der Waals surface area contributed by atoms with Crippen molar-refractivity contribution < 1.29 is 9.53 Å². The third kappa shape index (κ3) is 3.66. The van der Waals surface area contributed by atoms with E-state index in [1.165, 1.54) is 0 Å². The SMILES string of the molecule is CC1(c2cccc(NC(=O)c3ccc(Br)cc3)c2)COCC(N)=N1. The van der Waals surface area contributed by atoms with Crippen LogP contribution in [0, 0.1) is 0 Å². The number of benzene rings is 2. The number of nitrogens with two attached hydrogens (primary N) is 1. The number of amides is 1. The molecule has 1 unspecified atom stereocenters. The summed E-state index contributed by atoms with van der Waals surface area (Å²) in [7, 11) is 0. The van der Waals surface area contributed by atoms with Gasteiger partial charge in [-0.15, -0.1) is 0 Å². The molecule has 1 amide bonds. The molecular formula is C18H18BrN3O2. The van der Waals surface area contributed by atoms with Crippen LogP contribution in [0.5, 0.6) is 0 Å². The molecule has 1 heterocycles. The zero-order valence-corrected chi connectivity index (χ0v) is 14.8. The van der Waals surface area contributed by atoms with E-state index < -0.39 is 5.54 Å². The van der Waals surface area contributed by atoms with E-state index >= 15 is 0 Å². The summed E-state index contributed by atoms with van der Waals surface area (Å²) >= 11 is 3.36. The smallest absolute Gasteiger partial charge is 0.255 e. The second-order valence-electron chi connectivity index (χ2n) is 5.91. The van der Waals surface area contributed by atoms with E-state index in [0.717, 1.165) is 10.0 Å². The summed E-state index contributed by atoms with van der Waals surface area (Å²) in [5, 5.41) is 2.91. The molecule has 0 saturated heterocycles. The molecule has 0 aromatic heterocycles. The second-order valence-corrected chi connectivity index (χ2v) is 6.83. The number of ether oxygens (including phenoxy) is 1. The minimum Gasteiger partial charge on any atom is -0.386 e. The van der Waals surface area contributed by atoms with Gasteiger partial charge in [0.2, 0.25) is 0 Å². The Hall–Kier alpha value is -2.18. The van der Waals surface area contributed by atoms with Crippen LogP contribution in [0.25, 0.3) is 0 Å². The molecule has 3 rings (SSSR count). The Morgan fingerprint density at radius 2 is 2.04 bits per heavy atom. The van der Waals surface area contributed by atoms with E-state index in [4.69, 9.17) is 10.5 Å². The lowest BCUT2D eigenvalue weighted by Gasteiger charge is -2.30. The second kappa shape index (κ2) is 6.75. The monoisotopic (exact) mass is 387 g/mol. The van der Waals surface area contributed by atoms with Crippen molar-refractivity contribution in [3.8, 4) is 0 Å². The van der Waals surface area contributed by atoms with Crippen molar-refractivity contribution >= 4 is 33.4 Å². The van der Waals surface area contributed by atoms with Crippen molar-refractivity contribution in [2.75, 3.05) is 18.5 Å². The van der Waals surface area contributed by atoms with E-state index in [-0.39, 0.29) is 5.91 Å². The molecule has 2 aromatic rings. The zero-order chi connectivity index (χ0) is 17.2. The van der Waals surface area contributed by atoms with E-state index in [0.29, 0.717) is 30.3 Å². The Balaban J connectivity index is 1.82. The first-order valence-electron chi connectivity index (χ1n) is 7.56. The largest absolute Gasteiger partial charge is 0.386 e. The van der Waals surface area contributed by atoms with Crippen molar-refractivity contribution in [3.63, 3.8) is 0 Å². The van der Waals surface area contributed by atoms with Gasteiger partial charge in [0.25, 0.3) is 5.91 Å². The number of amidine groups is 1. The minimum atomic E-state index is -0.541. The van der Waals surface area contributed by atoms with Crippen molar-refractivity contribution in [1.82, 2.24) is 0 Å². The fraction of sp³-hybridized carbons (Fsp3) is 0.222. The summed E-state index contributed by atoms with van der Waals surface area (Å²) < 4.78 is 6.44. The van der Waals surface area contributed by atoms with Gasteiger partial charge in [-0.3, -0.25) is 9.79 Å². The molecule has 0 bridgehead atoms. The molecule has 124 valence electrons. The van der Waals surface area contributed by atoms with Crippen molar-refractivity contribution in [3.05, 3.63) is 64.1 Å². The number of aliphatic imine (C=N–C) groups is 1. The summed E-state index contributed by atoms with van der Waals surface area (Å²) in [6.45, 7) is 2.78. The summed E-state index contributed by atoms with van der Waals surface area (Å²) in [4.78, 5) is 16.9. The van der Waals surface area contributed by atoms with Crippen LogP contribution in [0.2, 0.25) is 0 Å². The van der Waals surface area contributed by atoms with Gasteiger partial charge < -0.3 is 15.8 Å². The Morgan fingerprint density at radius 3 is 2.75 bits per heavy atom. The molecule has 0 fully saturated rings. The highest BCUT2D eigenvalue weighted by Gasteiger charge is 2.30. The average molecular weight is 388 g/mol. The molecule has 1 atom stereocenters. The van der Waals surface area contributed by atoms with Gasteiger partial charge in [0.1, 0.15) is 18.0 Å². The summed E-state index contributed by atoms with van der Waals surface area (Å²) in [6.07, 6.45) is 0. The molecule has 0 aliphatic carbocycles. The van der Waals surface area contributed by atoms with Crippen LogP contribution < -0.4 is 11.1 Å². The maximum Gasteiger partial charge on any atom is 0.255 e.